The molecule has 4 saturated carbocycles. The number of oxime groups is 2. The minimum Gasteiger partial charge on any atom is -0.411 e. The van der Waals surface area contributed by atoms with E-state index in [2.05, 4.69) is 24.2 Å². The van der Waals surface area contributed by atoms with E-state index in [9.17, 15) is 10.3 Å². The average molecular weight is 396 g/mol. The molecule has 0 radical (unpaired) electrons. The maximum Gasteiger partial charge on any atom is 0.142 e. The monoisotopic (exact) mass is 395 g/mol. The molecule has 0 saturated heterocycles. The van der Waals surface area contributed by atoms with Crippen molar-refractivity contribution >= 4 is 11.4 Å². The first-order chi connectivity index (χ1) is 13.3. The van der Waals surface area contributed by atoms with E-state index < -0.39 is 6.17 Å². The molecule has 28 heavy (non-hydrogen) atoms. The van der Waals surface area contributed by atoms with Crippen molar-refractivity contribution in [3.63, 3.8) is 0 Å². The van der Waals surface area contributed by atoms with Gasteiger partial charge in [0.15, 0.2) is 0 Å². The Morgan fingerprint density at radius 1 is 1.14 bits per heavy atom. The molecule has 4 rings (SSSR count). The number of halogens is 1. The second-order valence-electron chi connectivity index (χ2n) is 9.95. The van der Waals surface area contributed by atoms with Crippen LogP contribution in [0.15, 0.2) is 10.3 Å². The number of nitrogens with two attached hydrogens (primary N) is 1. The molecule has 0 heterocycles. The molecule has 8 atom stereocenters. The standard InChI is InChI=1S/C21H34FN3O3/c1-20-6-5-14-12(13(20)3-4-19(20)26)9-17(24-27)15-10-18(25-28-8-7-23)16(22)11-21(14,15)2/h12-16,19,26-27H,3-11,23H2,1-2H3/b24-17+,25-18+/t12-,13-,14-,15?,16+,19-,20-,21+/m0/s1. The number of alkyl halides is 1. The summed E-state index contributed by atoms with van der Waals surface area (Å²) in [4.78, 5) is 5.16. The van der Waals surface area contributed by atoms with E-state index in [0.717, 1.165) is 37.8 Å². The zero-order valence-corrected chi connectivity index (χ0v) is 17.0. The van der Waals surface area contributed by atoms with Crippen LogP contribution in [0.3, 0.4) is 0 Å². The van der Waals surface area contributed by atoms with Crippen LogP contribution in [-0.4, -0.2) is 47.2 Å². The van der Waals surface area contributed by atoms with E-state index in [-0.39, 0.29) is 29.5 Å². The van der Waals surface area contributed by atoms with Crippen LogP contribution < -0.4 is 5.73 Å². The third-order valence-electron chi connectivity index (χ3n) is 8.79. The summed E-state index contributed by atoms with van der Waals surface area (Å²) < 4.78 is 15.1. The Morgan fingerprint density at radius 3 is 2.61 bits per heavy atom. The summed E-state index contributed by atoms with van der Waals surface area (Å²) in [5.74, 6) is 1.14. The lowest BCUT2D eigenvalue weighted by atomic mass is 9.44. The zero-order valence-electron chi connectivity index (χ0n) is 17.0. The summed E-state index contributed by atoms with van der Waals surface area (Å²) in [6.45, 7) is 5.01. The van der Waals surface area contributed by atoms with Gasteiger partial charge >= 0.3 is 0 Å². The van der Waals surface area contributed by atoms with E-state index in [4.69, 9.17) is 10.6 Å². The highest BCUT2D eigenvalue weighted by atomic mass is 19.1. The second kappa shape index (κ2) is 7.24. The summed E-state index contributed by atoms with van der Waals surface area (Å²) in [6.07, 6.45) is 4.02. The van der Waals surface area contributed by atoms with Crippen molar-refractivity contribution in [2.24, 2.45) is 50.5 Å². The van der Waals surface area contributed by atoms with Gasteiger partial charge in [0.2, 0.25) is 0 Å². The van der Waals surface area contributed by atoms with Gasteiger partial charge in [0.25, 0.3) is 0 Å². The highest BCUT2D eigenvalue weighted by Gasteiger charge is 2.62. The van der Waals surface area contributed by atoms with Crippen molar-refractivity contribution in [1.82, 2.24) is 0 Å². The molecule has 4 aliphatic rings. The number of hydrogen-bond acceptors (Lipinski definition) is 6. The summed E-state index contributed by atoms with van der Waals surface area (Å²) in [5.41, 5.74) is 6.29. The predicted molar refractivity (Wildman–Crippen MR) is 105 cm³/mol. The molecule has 1 unspecified atom stereocenters. The first-order valence-electron chi connectivity index (χ1n) is 10.8. The third-order valence-corrected chi connectivity index (χ3v) is 8.79. The van der Waals surface area contributed by atoms with Gasteiger partial charge in [-0.15, -0.1) is 0 Å². The van der Waals surface area contributed by atoms with Gasteiger partial charge < -0.3 is 20.9 Å². The Bertz CT molecular complexity index is 671. The van der Waals surface area contributed by atoms with Gasteiger partial charge in [0.05, 0.1) is 17.5 Å². The number of nitrogens with zero attached hydrogens (tertiary/aromatic N) is 2. The first kappa shape index (κ1) is 20.1. The van der Waals surface area contributed by atoms with Crippen LogP contribution in [0.4, 0.5) is 4.39 Å². The molecule has 4 fully saturated rings. The van der Waals surface area contributed by atoms with Crippen LogP contribution in [0.1, 0.15) is 58.8 Å². The van der Waals surface area contributed by atoms with Gasteiger partial charge in [-0.1, -0.05) is 24.2 Å². The molecule has 4 aliphatic carbocycles. The van der Waals surface area contributed by atoms with Gasteiger partial charge in [-0.2, -0.15) is 0 Å². The molecule has 0 aromatic heterocycles. The maximum atomic E-state index is 15.1. The molecule has 7 heteroatoms. The molecule has 0 bridgehead atoms. The zero-order chi connectivity index (χ0) is 20.1. The number of aliphatic hydroxyl groups excluding tert-OH is 1. The van der Waals surface area contributed by atoms with Crippen LogP contribution in [0, 0.1) is 34.5 Å². The number of rotatable bonds is 3. The van der Waals surface area contributed by atoms with Crippen LogP contribution in [-0.2, 0) is 4.84 Å². The second-order valence-corrected chi connectivity index (χ2v) is 9.95. The van der Waals surface area contributed by atoms with E-state index in [1.54, 1.807) is 0 Å². The Labute approximate surface area is 166 Å². The Morgan fingerprint density at radius 2 is 1.89 bits per heavy atom. The van der Waals surface area contributed by atoms with Crippen molar-refractivity contribution < 1.29 is 19.5 Å². The van der Waals surface area contributed by atoms with Crippen molar-refractivity contribution in [3.05, 3.63) is 0 Å². The Kier molecular flexibility index (Phi) is 5.19. The van der Waals surface area contributed by atoms with E-state index >= 15 is 4.39 Å². The highest BCUT2D eigenvalue weighted by Crippen LogP contribution is 2.65. The predicted octanol–water partition coefficient (Wildman–Crippen LogP) is 3.11. The SMILES string of the molecule is C[C@]12CC[C@H]3[C@@H](C/C(=N\O)C4C/C(=N\OCCN)[C@H](F)C[C@@]43C)[C@@H]1CC[C@@H]2O. The lowest BCUT2D eigenvalue weighted by molar-refractivity contribution is -0.0897. The van der Waals surface area contributed by atoms with E-state index in [0.29, 0.717) is 42.9 Å². The topological polar surface area (TPSA) is 100 Å². The minimum absolute atomic E-state index is 0.0124. The summed E-state index contributed by atoms with van der Waals surface area (Å²) in [5, 5.41) is 28.1. The van der Waals surface area contributed by atoms with Gasteiger partial charge in [0.1, 0.15) is 12.8 Å². The lowest BCUT2D eigenvalue weighted by Gasteiger charge is -2.60. The van der Waals surface area contributed by atoms with E-state index in [1.807, 2.05) is 0 Å². The highest BCUT2D eigenvalue weighted by molar-refractivity contribution is 5.97. The maximum absolute atomic E-state index is 15.1. The third kappa shape index (κ3) is 2.88. The van der Waals surface area contributed by atoms with Crippen molar-refractivity contribution in [1.29, 1.82) is 0 Å². The lowest BCUT2D eigenvalue weighted by Crippen LogP contribution is -2.58. The van der Waals surface area contributed by atoms with Gasteiger partial charge in [-0.05, 0) is 67.1 Å². The fourth-order valence-corrected chi connectivity index (χ4v) is 7.26. The van der Waals surface area contributed by atoms with Crippen LogP contribution in [0.25, 0.3) is 0 Å². The summed E-state index contributed by atoms with van der Waals surface area (Å²) in [6, 6.07) is 0. The minimum atomic E-state index is -1.14. The summed E-state index contributed by atoms with van der Waals surface area (Å²) in [7, 11) is 0. The van der Waals surface area contributed by atoms with Crippen molar-refractivity contribution in [2.45, 2.75) is 71.1 Å². The molecule has 0 aromatic rings. The number of aliphatic hydroxyl groups is 1. The number of fused-ring (bicyclic) bond motifs is 5. The molecule has 0 aromatic carbocycles. The molecular formula is C21H34FN3O3. The van der Waals surface area contributed by atoms with Gasteiger partial charge in [-0.25, -0.2) is 4.39 Å². The normalized spacial score (nSPS) is 50.9. The van der Waals surface area contributed by atoms with Crippen LogP contribution in [0.2, 0.25) is 0 Å². The van der Waals surface area contributed by atoms with E-state index in [1.165, 1.54) is 0 Å². The largest absolute Gasteiger partial charge is 0.411 e. The molecule has 6 nitrogen and oxygen atoms in total. The molecule has 0 aliphatic heterocycles. The molecule has 158 valence electrons. The summed E-state index contributed by atoms with van der Waals surface area (Å²) >= 11 is 0. The van der Waals surface area contributed by atoms with Gasteiger partial charge in [0, 0.05) is 18.9 Å². The quantitative estimate of drug-likeness (QED) is 0.388. The van der Waals surface area contributed by atoms with Crippen molar-refractivity contribution in [2.75, 3.05) is 13.2 Å². The fraction of sp³-hybridized carbons (Fsp3) is 0.905. The first-order valence-corrected chi connectivity index (χ1v) is 10.8. The molecular weight excluding hydrogens is 361 g/mol. The fourth-order valence-electron chi connectivity index (χ4n) is 7.26. The average Bonchev–Trinajstić information content (AvgIpc) is 2.97. The smallest absolute Gasteiger partial charge is 0.142 e. The van der Waals surface area contributed by atoms with Crippen LogP contribution in [0.5, 0.6) is 0 Å². The van der Waals surface area contributed by atoms with Crippen LogP contribution >= 0.6 is 0 Å². The Hall–Kier alpha value is -1.21. The molecule has 0 amide bonds. The molecule has 4 N–H and O–H groups in total. The number of hydrogen-bond donors (Lipinski definition) is 3. The van der Waals surface area contributed by atoms with Crippen molar-refractivity contribution in [3.8, 4) is 0 Å². The molecule has 0 spiro atoms. The Balaban J connectivity index is 1.64. The van der Waals surface area contributed by atoms with Gasteiger partial charge in [-0.3, -0.25) is 0 Å².